The molecule has 0 aliphatic heterocycles. The maximum absolute atomic E-state index is 5.79. The summed E-state index contributed by atoms with van der Waals surface area (Å²) >= 11 is 1.67. The number of aryl methyl sites for hydroxylation is 1. The van der Waals surface area contributed by atoms with Crippen molar-refractivity contribution in [3.63, 3.8) is 0 Å². The smallest absolute Gasteiger partial charge is 0.129 e. The lowest BCUT2D eigenvalue weighted by molar-refractivity contribution is 0.414. The summed E-state index contributed by atoms with van der Waals surface area (Å²) in [6.45, 7) is 2.09. The highest BCUT2D eigenvalue weighted by Crippen LogP contribution is 2.31. The van der Waals surface area contributed by atoms with Gasteiger partial charge in [0.15, 0.2) is 0 Å². The van der Waals surface area contributed by atoms with Gasteiger partial charge >= 0.3 is 0 Å². The first-order valence-corrected chi connectivity index (χ1v) is 6.54. The molecule has 2 heterocycles. The molecule has 1 unspecified atom stereocenters. The van der Waals surface area contributed by atoms with Crippen LogP contribution in [0.25, 0.3) is 0 Å². The van der Waals surface area contributed by atoms with Crippen LogP contribution in [-0.4, -0.2) is 14.2 Å². The number of ether oxygens (including phenoxy) is 1. The van der Waals surface area contributed by atoms with E-state index < -0.39 is 0 Å². The molecule has 0 aliphatic rings. The highest BCUT2D eigenvalue weighted by atomic mass is 32.1. The first-order valence-electron chi connectivity index (χ1n) is 5.66. The molecule has 3 nitrogen and oxygen atoms in total. The largest absolute Gasteiger partial charge is 0.496 e. The number of nitrogens with one attached hydrogen (secondary N) is 1. The standard InChI is InChI=1S/C13H17NO2S/c1-4-9-5-6-11(16-9)13(14-2)12-7-10(15-3)8-17-12/h5-8,13-14H,4H2,1-3H3. The molecule has 2 aromatic rings. The Kier molecular flexibility index (Phi) is 3.86. The van der Waals surface area contributed by atoms with Gasteiger partial charge in [0.25, 0.3) is 0 Å². The monoisotopic (exact) mass is 251 g/mol. The van der Waals surface area contributed by atoms with Crippen molar-refractivity contribution in [3.8, 4) is 5.75 Å². The molecule has 0 fully saturated rings. The van der Waals surface area contributed by atoms with Gasteiger partial charge in [-0.25, -0.2) is 0 Å². The summed E-state index contributed by atoms with van der Waals surface area (Å²) in [7, 11) is 3.62. The van der Waals surface area contributed by atoms with Gasteiger partial charge in [0.05, 0.1) is 7.11 Å². The number of rotatable bonds is 5. The molecule has 1 atom stereocenters. The molecule has 0 aromatic carbocycles. The van der Waals surface area contributed by atoms with E-state index in [1.807, 2.05) is 30.6 Å². The van der Waals surface area contributed by atoms with Crippen molar-refractivity contribution in [1.29, 1.82) is 0 Å². The average Bonchev–Trinajstić information content (AvgIpc) is 2.99. The molecular weight excluding hydrogens is 234 g/mol. The molecule has 17 heavy (non-hydrogen) atoms. The van der Waals surface area contributed by atoms with Crippen LogP contribution < -0.4 is 10.1 Å². The molecule has 0 aliphatic carbocycles. The second kappa shape index (κ2) is 5.38. The van der Waals surface area contributed by atoms with Gasteiger partial charge in [-0.1, -0.05) is 6.92 Å². The number of hydrogen-bond donors (Lipinski definition) is 1. The van der Waals surface area contributed by atoms with Crippen LogP contribution in [0.2, 0.25) is 0 Å². The lowest BCUT2D eigenvalue weighted by Gasteiger charge is -2.11. The molecule has 2 aromatic heterocycles. The number of furan rings is 1. The van der Waals surface area contributed by atoms with Crippen molar-refractivity contribution >= 4 is 11.3 Å². The van der Waals surface area contributed by atoms with Gasteiger partial charge in [0, 0.05) is 16.7 Å². The summed E-state index contributed by atoms with van der Waals surface area (Å²) < 4.78 is 11.0. The van der Waals surface area contributed by atoms with Gasteiger partial charge in [-0.3, -0.25) is 0 Å². The highest BCUT2D eigenvalue weighted by molar-refractivity contribution is 7.10. The van der Waals surface area contributed by atoms with Gasteiger partial charge in [0.1, 0.15) is 23.3 Å². The summed E-state index contributed by atoms with van der Waals surface area (Å²) in [5, 5.41) is 5.27. The third-order valence-corrected chi connectivity index (χ3v) is 3.70. The van der Waals surface area contributed by atoms with E-state index in [4.69, 9.17) is 9.15 Å². The van der Waals surface area contributed by atoms with E-state index in [1.165, 1.54) is 4.88 Å². The van der Waals surface area contributed by atoms with Crippen molar-refractivity contribution in [1.82, 2.24) is 5.32 Å². The topological polar surface area (TPSA) is 34.4 Å². The molecule has 0 amide bonds. The zero-order chi connectivity index (χ0) is 12.3. The molecule has 2 rings (SSSR count). The number of thiophene rings is 1. The van der Waals surface area contributed by atoms with E-state index in [0.29, 0.717) is 0 Å². The number of methoxy groups -OCH3 is 1. The SMILES string of the molecule is CCc1ccc(C(NC)c2cc(OC)cs2)o1. The van der Waals surface area contributed by atoms with Crippen LogP contribution in [0.5, 0.6) is 5.75 Å². The Labute approximate surface area is 105 Å². The summed E-state index contributed by atoms with van der Waals surface area (Å²) in [6.07, 6.45) is 0.921. The Morgan fingerprint density at radius 3 is 2.82 bits per heavy atom. The fourth-order valence-corrected chi connectivity index (χ4v) is 2.73. The first kappa shape index (κ1) is 12.2. The molecule has 92 valence electrons. The molecule has 4 heteroatoms. The van der Waals surface area contributed by atoms with Crippen LogP contribution in [0.4, 0.5) is 0 Å². The van der Waals surface area contributed by atoms with Gasteiger partial charge in [0.2, 0.25) is 0 Å². The lowest BCUT2D eigenvalue weighted by Crippen LogP contribution is -2.15. The van der Waals surface area contributed by atoms with Crippen LogP contribution >= 0.6 is 11.3 Å². The zero-order valence-corrected chi connectivity index (χ0v) is 11.1. The lowest BCUT2D eigenvalue weighted by atomic mass is 10.2. The Morgan fingerprint density at radius 1 is 1.47 bits per heavy atom. The molecule has 0 spiro atoms. The van der Waals surface area contributed by atoms with E-state index in [-0.39, 0.29) is 6.04 Å². The van der Waals surface area contributed by atoms with Crippen molar-refractivity contribution < 1.29 is 9.15 Å². The van der Waals surface area contributed by atoms with E-state index in [9.17, 15) is 0 Å². The summed E-state index contributed by atoms with van der Waals surface area (Å²) in [4.78, 5) is 1.20. The molecular formula is C13H17NO2S. The van der Waals surface area contributed by atoms with Gasteiger partial charge in [-0.15, -0.1) is 11.3 Å². The normalized spacial score (nSPS) is 12.6. The number of hydrogen-bond acceptors (Lipinski definition) is 4. The Bertz CT molecular complexity index is 433. The molecule has 1 N–H and O–H groups in total. The third kappa shape index (κ3) is 2.53. The Hall–Kier alpha value is -1.26. The summed E-state index contributed by atoms with van der Waals surface area (Å²) in [6, 6.07) is 6.21. The zero-order valence-electron chi connectivity index (χ0n) is 10.3. The minimum Gasteiger partial charge on any atom is -0.496 e. The van der Waals surface area contributed by atoms with Crippen LogP contribution in [0.15, 0.2) is 28.0 Å². The molecule has 0 saturated heterocycles. The van der Waals surface area contributed by atoms with Crippen LogP contribution in [0, 0.1) is 0 Å². The molecule has 0 saturated carbocycles. The van der Waals surface area contributed by atoms with Crippen molar-refractivity contribution in [2.75, 3.05) is 14.2 Å². The molecule has 0 bridgehead atoms. The van der Waals surface area contributed by atoms with E-state index in [1.54, 1.807) is 18.4 Å². The first-order chi connectivity index (χ1) is 8.28. The predicted molar refractivity (Wildman–Crippen MR) is 69.9 cm³/mol. The second-order valence-corrected chi connectivity index (χ2v) is 4.71. The highest BCUT2D eigenvalue weighted by Gasteiger charge is 2.18. The maximum Gasteiger partial charge on any atom is 0.129 e. The Balaban J connectivity index is 2.26. The summed E-state index contributed by atoms with van der Waals surface area (Å²) in [5.41, 5.74) is 0. The molecule has 0 radical (unpaired) electrons. The van der Waals surface area contributed by atoms with Crippen molar-refractivity contribution in [3.05, 3.63) is 40.0 Å². The van der Waals surface area contributed by atoms with Crippen molar-refractivity contribution in [2.24, 2.45) is 0 Å². The second-order valence-electron chi connectivity index (χ2n) is 3.77. The van der Waals surface area contributed by atoms with Crippen LogP contribution in [0.1, 0.15) is 29.4 Å². The fourth-order valence-electron chi connectivity index (χ4n) is 1.76. The van der Waals surface area contributed by atoms with Gasteiger partial charge in [-0.05, 0) is 25.2 Å². The van der Waals surface area contributed by atoms with Gasteiger partial charge in [-0.2, -0.15) is 0 Å². The quantitative estimate of drug-likeness (QED) is 0.886. The predicted octanol–water partition coefficient (Wildman–Crippen LogP) is 3.22. The maximum atomic E-state index is 5.79. The van der Waals surface area contributed by atoms with Crippen LogP contribution in [-0.2, 0) is 6.42 Å². The average molecular weight is 251 g/mol. The minimum atomic E-state index is 0.101. The van der Waals surface area contributed by atoms with E-state index in [0.717, 1.165) is 23.7 Å². The Morgan fingerprint density at radius 2 is 2.29 bits per heavy atom. The van der Waals surface area contributed by atoms with E-state index >= 15 is 0 Å². The third-order valence-electron chi connectivity index (χ3n) is 2.72. The van der Waals surface area contributed by atoms with Gasteiger partial charge < -0.3 is 14.5 Å². The van der Waals surface area contributed by atoms with Crippen molar-refractivity contribution in [2.45, 2.75) is 19.4 Å². The summed E-state index contributed by atoms with van der Waals surface area (Å²) in [5.74, 6) is 2.87. The van der Waals surface area contributed by atoms with Crippen LogP contribution in [0.3, 0.4) is 0 Å². The minimum absolute atomic E-state index is 0.101. The van der Waals surface area contributed by atoms with E-state index in [2.05, 4.69) is 12.2 Å². The fraction of sp³-hybridized carbons (Fsp3) is 0.385.